The van der Waals surface area contributed by atoms with Gasteiger partial charge in [0.25, 0.3) is 0 Å². The molecule has 0 saturated heterocycles. The van der Waals surface area contributed by atoms with Crippen molar-refractivity contribution >= 4 is 23.2 Å². The van der Waals surface area contributed by atoms with Gasteiger partial charge in [-0.1, -0.05) is 51.1 Å². The number of carbonyl (C=O) groups excluding carboxylic acids is 2. The molecule has 4 nitrogen and oxygen atoms in total. The molecule has 1 aliphatic heterocycles. The lowest BCUT2D eigenvalue weighted by molar-refractivity contribution is -0.136. The number of fused-ring (bicyclic) bond motifs is 1. The van der Waals surface area contributed by atoms with Gasteiger partial charge < -0.3 is 10.2 Å². The molecule has 1 N–H and O–H groups in total. The predicted molar refractivity (Wildman–Crippen MR) is 100 cm³/mol. The highest BCUT2D eigenvalue weighted by Crippen LogP contribution is 2.37. The number of rotatable bonds is 3. The quantitative estimate of drug-likeness (QED) is 0.916. The van der Waals surface area contributed by atoms with Crippen molar-refractivity contribution in [1.82, 2.24) is 10.2 Å². The maximum Gasteiger partial charge on any atom is 0.242 e. The van der Waals surface area contributed by atoms with Gasteiger partial charge >= 0.3 is 0 Å². The summed E-state index contributed by atoms with van der Waals surface area (Å²) in [5.74, 6) is -0.145. The zero-order valence-corrected chi connectivity index (χ0v) is 15.7. The standard InChI is InChI=1S/C20H24N2O2S/c1-20(2,3)19(24)21-13-17(23)22-11-9-16-15(10-12-25-16)18(22)14-7-5-4-6-8-14/h4-8,10,12,18H,9,11,13H2,1-3H3,(H,21,24). The van der Waals surface area contributed by atoms with Crippen molar-refractivity contribution in [2.45, 2.75) is 33.2 Å². The van der Waals surface area contributed by atoms with Crippen molar-refractivity contribution in [1.29, 1.82) is 0 Å². The molecule has 1 aromatic carbocycles. The van der Waals surface area contributed by atoms with Crippen molar-refractivity contribution < 1.29 is 9.59 Å². The maximum absolute atomic E-state index is 12.9. The van der Waals surface area contributed by atoms with E-state index >= 15 is 0 Å². The van der Waals surface area contributed by atoms with Gasteiger partial charge in [-0.3, -0.25) is 9.59 Å². The summed E-state index contributed by atoms with van der Waals surface area (Å²) in [4.78, 5) is 28.2. The van der Waals surface area contributed by atoms with Crippen molar-refractivity contribution in [3.63, 3.8) is 0 Å². The molecule has 2 amide bonds. The number of amides is 2. The van der Waals surface area contributed by atoms with E-state index in [9.17, 15) is 9.59 Å². The molecule has 1 atom stereocenters. The summed E-state index contributed by atoms with van der Waals surface area (Å²) in [6, 6.07) is 12.1. The third kappa shape index (κ3) is 3.76. The van der Waals surface area contributed by atoms with Crippen molar-refractivity contribution in [3.05, 3.63) is 57.8 Å². The van der Waals surface area contributed by atoms with Gasteiger partial charge in [-0.2, -0.15) is 0 Å². The summed E-state index contributed by atoms with van der Waals surface area (Å²) >= 11 is 1.75. The van der Waals surface area contributed by atoms with Gasteiger partial charge in [-0.05, 0) is 29.0 Å². The molecule has 2 heterocycles. The fraction of sp³-hybridized carbons (Fsp3) is 0.400. The average Bonchev–Trinajstić information content (AvgIpc) is 3.07. The van der Waals surface area contributed by atoms with Crippen molar-refractivity contribution in [2.75, 3.05) is 13.1 Å². The van der Waals surface area contributed by atoms with Gasteiger partial charge in [0, 0.05) is 16.8 Å². The molecule has 0 saturated carbocycles. The van der Waals surface area contributed by atoms with Crippen LogP contribution in [0.5, 0.6) is 0 Å². The molecular formula is C20H24N2O2S. The number of thiophene rings is 1. The minimum absolute atomic E-state index is 0.0386. The van der Waals surface area contributed by atoms with Crippen LogP contribution in [0.3, 0.4) is 0 Å². The number of hydrogen-bond acceptors (Lipinski definition) is 3. The second kappa shape index (κ2) is 7.00. The lowest BCUT2D eigenvalue weighted by Gasteiger charge is -2.36. The SMILES string of the molecule is CC(C)(C)C(=O)NCC(=O)N1CCc2sccc2C1c1ccccc1. The molecule has 132 valence electrons. The number of hydrogen-bond donors (Lipinski definition) is 1. The summed E-state index contributed by atoms with van der Waals surface area (Å²) in [5, 5.41) is 4.88. The monoisotopic (exact) mass is 356 g/mol. The zero-order valence-electron chi connectivity index (χ0n) is 14.9. The Morgan fingerprint density at radius 2 is 1.92 bits per heavy atom. The van der Waals surface area contributed by atoms with E-state index in [-0.39, 0.29) is 24.4 Å². The molecule has 0 bridgehead atoms. The molecule has 3 rings (SSSR count). The molecular weight excluding hydrogens is 332 g/mol. The first-order chi connectivity index (χ1) is 11.9. The van der Waals surface area contributed by atoms with Crippen molar-refractivity contribution in [2.24, 2.45) is 5.41 Å². The summed E-state index contributed by atoms with van der Waals surface area (Å²) in [6.45, 7) is 6.25. The molecule has 2 aromatic rings. The van der Waals surface area contributed by atoms with Gasteiger partial charge in [0.05, 0.1) is 12.6 Å². The Balaban J connectivity index is 1.82. The molecule has 0 spiro atoms. The third-order valence-electron chi connectivity index (χ3n) is 4.48. The Bertz CT molecular complexity index is 762. The topological polar surface area (TPSA) is 49.4 Å². The lowest BCUT2D eigenvalue weighted by atomic mass is 9.93. The highest BCUT2D eigenvalue weighted by Gasteiger charge is 2.33. The molecule has 0 radical (unpaired) electrons. The van der Waals surface area contributed by atoms with Crippen LogP contribution >= 0.6 is 11.3 Å². The van der Waals surface area contributed by atoms with E-state index in [2.05, 4.69) is 28.9 Å². The molecule has 1 aliphatic rings. The predicted octanol–water partition coefficient (Wildman–Crippen LogP) is 3.38. The van der Waals surface area contributed by atoms with Crippen LogP contribution in [-0.4, -0.2) is 29.8 Å². The summed E-state index contributed by atoms with van der Waals surface area (Å²) < 4.78 is 0. The van der Waals surface area contributed by atoms with Crippen LogP contribution in [0.1, 0.15) is 42.8 Å². The smallest absolute Gasteiger partial charge is 0.242 e. The van der Waals surface area contributed by atoms with Gasteiger partial charge in [-0.25, -0.2) is 0 Å². The number of nitrogens with zero attached hydrogens (tertiary/aromatic N) is 1. The average molecular weight is 356 g/mol. The van der Waals surface area contributed by atoms with Crippen LogP contribution in [-0.2, 0) is 16.0 Å². The van der Waals surface area contributed by atoms with Crippen LogP contribution < -0.4 is 5.32 Å². The van der Waals surface area contributed by atoms with Crippen LogP contribution in [0.2, 0.25) is 0 Å². The molecule has 25 heavy (non-hydrogen) atoms. The van der Waals surface area contributed by atoms with E-state index in [0.717, 1.165) is 12.0 Å². The van der Waals surface area contributed by atoms with Crippen molar-refractivity contribution in [3.8, 4) is 0 Å². The summed E-state index contributed by atoms with van der Waals surface area (Å²) in [6.07, 6.45) is 0.870. The first-order valence-electron chi connectivity index (χ1n) is 8.57. The third-order valence-corrected chi connectivity index (χ3v) is 5.48. The fourth-order valence-corrected chi connectivity index (χ4v) is 4.01. The summed E-state index contributed by atoms with van der Waals surface area (Å²) in [5.41, 5.74) is 1.82. The van der Waals surface area contributed by atoms with Gasteiger partial charge in [-0.15, -0.1) is 11.3 Å². The van der Waals surface area contributed by atoms with E-state index < -0.39 is 5.41 Å². The Labute approximate surface area is 152 Å². The van der Waals surface area contributed by atoms with Crippen LogP contribution in [0, 0.1) is 5.41 Å². The van der Waals surface area contributed by atoms with Crippen LogP contribution in [0.15, 0.2) is 41.8 Å². The van der Waals surface area contributed by atoms with Gasteiger partial charge in [0.2, 0.25) is 11.8 Å². The molecule has 5 heteroatoms. The highest BCUT2D eigenvalue weighted by molar-refractivity contribution is 7.10. The highest BCUT2D eigenvalue weighted by atomic mass is 32.1. The Morgan fingerprint density at radius 3 is 2.60 bits per heavy atom. The number of carbonyl (C=O) groups is 2. The van der Waals surface area contributed by atoms with Gasteiger partial charge in [0.1, 0.15) is 0 Å². The number of nitrogens with one attached hydrogen (secondary N) is 1. The first-order valence-corrected chi connectivity index (χ1v) is 9.45. The largest absolute Gasteiger partial charge is 0.347 e. The molecule has 1 unspecified atom stereocenters. The zero-order chi connectivity index (χ0) is 18.0. The van der Waals surface area contributed by atoms with E-state index in [1.165, 1.54) is 10.4 Å². The van der Waals surface area contributed by atoms with E-state index in [0.29, 0.717) is 6.54 Å². The van der Waals surface area contributed by atoms with Crippen LogP contribution in [0.4, 0.5) is 0 Å². The second-order valence-electron chi connectivity index (χ2n) is 7.38. The van der Waals surface area contributed by atoms with E-state index in [4.69, 9.17) is 0 Å². The van der Waals surface area contributed by atoms with E-state index in [1.807, 2.05) is 43.9 Å². The Morgan fingerprint density at radius 1 is 1.20 bits per heavy atom. The molecule has 0 aliphatic carbocycles. The Kier molecular flexibility index (Phi) is 4.95. The Hall–Kier alpha value is -2.14. The molecule has 1 aromatic heterocycles. The first kappa shape index (κ1) is 17.7. The minimum atomic E-state index is -0.498. The lowest BCUT2D eigenvalue weighted by Crippen LogP contribution is -2.47. The maximum atomic E-state index is 12.9. The van der Waals surface area contributed by atoms with Crippen LogP contribution in [0.25, 0.3) is 0 Å². The number of benzene rings is 1. The van der Waals surface area contributed by atoms with Gasteiger partial charge in [0.15, 0.2) is 0 Å². The minimum Gasteiger partial charge on any atom is -0.347 e. The molecule has 0 fully saturated rings. The second-order valence-corrected chi connectivity index (χ2v) is 8.38. The normalized spacial score (nSPS) is 17.1. The summed E-state index contributed by atoms with van der Waals surface area (Å²) in [7, 11) is 0. The fourth-order valence-electron chi connectivity index (χ4n) is 3.10. The van der Waals surface area contributed by atoms with E-state index in [1.54, 1.807) is 11.3 Å².